The first-order chi connectivity index (χ1) is 8.48. The molecule has 1 saturated carbocycles. The summed E-state index contributed by atoms with van der Waals surface area (Å²) in [5, 5.41) is 3.23. The summed E-state index contributed by atoms with van der Waals surface area (Å²) in [6.45, 7) is 8.31. The molecule has 1 aliphatic rings. The lowest BCUT2D eigenvalue weighted by molar-refractivity contribution is -0.0560. The lowest BCUT2D eigenvalue weighted by atomic mass is 9.83. The molecule has 0 aromatic carbocycles. The zero-order valence-corrected chi connectivity index (χ0v) is 11.3. The molecule has 0 heterocycles. The zero-order valence-electron chi connectivity index (χ0n) is 11.3. The maximum Gasteiger partial charge on any atom is 0.249 e. The van der Waals surface area contributed by atoms with Crippen molar-refractivity contribution in [3.63, 3.8) is 0 Å². The number of alkyl halides is 2. The van der Waals surface area contributed by atoms with E-state index in [1.54, 1.807) is 6.08 Å². The molecule has 1 nitrogen and oxygen atoms in total. The molecule has 1 N–H and O–H groups in total. The minimum atomic E-state index is -2.51. The molecule has 18 heavy (non-hydrogen) atoms. The highest BCUT2D eigenvalue weighted by Gasteiger charge is 2.39. The zero-order chi connectivity index (χ0) is 13.6. The summed E-state index contributed by atoms with van der Waals surface area (Å²) in [4.78, 5) is 0. The highest BCUT2D eigenvalue weighted by atomic mass is 19.3. The van der Waals surface area contributed by atoms with Gasteiger partial charge in [0, 0.05) is 25.4 Å². The van der Waals surface area contributed by atoms with E-state index in [0.717, 1.165) is 5.57 Å². The normalized spacial score (nSPS) is 28.6. The van der Waals surface area contributed by atoms with E-state index in [2.05, 4.69) is 11.9 Å². The van der Waals surface area contributed by atoms with Gasteiger partial charge in [0.25, 0.3) is 0 Å². The van der Waals surface area contributed by atoms with Crippen LogP contribution in [0.4, 0.5) is 8.78 Å². The van der Waals surface area contributed by atoms with Gasteiger partial charge in [-0.3, -0.25) is 0 Å². The van der Waals surface area contributed by atoms with Crippen LogP contribution < -0.4 is 5.32 Å². The third kappa shape index (κ3) is 4.73. The lowest BCUT2D eigenvalue weighted by Crippen LogP contribution is -2.44. The molecule has 2 atom stereocenters. The fraction of sp³-hybridized carbons (Fsp3) is 0.600. The Balaban J connectivity index is 2.53. The van der Waals surface area contributed by atoms with Crippen LogP contribution in [-0.4, -0.2) is 18.5 Å². The molecule has 102 valence electrons. The molecule has 0 saturated heterocycles. The fourth-order valence-electron chi connectivity index (χ4n) is 2.21. The van der Waals surface area contributed by atoms with Gasteiger partial charge in [-0.15, -0.1) is 0 Å². The van der Waals surface area contributed by atoms with Gasteiger partial charge in [0.15, 0.2) is 0 Å². The summed E-state index contributed by atoms with van der Waals surface area (Å²) in [6.07, 6.45) is 8.13. The standard InChI is InChI=1S/C15H23F2N/c1-4-6-7-13(5-2)11-18-14-10-15(16,17)9-8-12(14)3/h4-7,12,14,18H,2,8-11H2,1,3H3/b6-4-,13-7+. The molecule has 0 aromatic heterocycles. The van der Waals surface area contributed by atoms with Crippen LogP contribution in [0.1, 0.15) is 33.1 Å². The molecule has 1 aliphatic carbocycles. The molecule has 0 bridgehead atoms. The van der Waals surface area contributed by atoms with Gasteiger partial charge in [0.2, 0.25) is 5.92 Å². The van der Waals surface area contributed by atoms with Crippen molar-refractivity contribution in [1.29, 1.82) is 0 Å². The molecule has 1 rings (SSSR count). The Labute approximate surface area is 109 Å². The Morgan fingerprint density at radius 2 is 2.22 bits per heavy atom. The van der Waals surface area contributed by atoms with E-state index in [1.165, 1.54) is 0 Å². The first-order valence-electron chi connectivity index (χ1n) is 6.54. The minimum absolute atomic E-state index is 0.0229. The second-order valence-corrected chi connectivity index (χ2v) is 5.03. The topological polar surface area (TPSA) is 12.0 Å². The third-order valence-corrected chi connectivity index (χ3v) is 3.50. The van der Waals surface area contributed by atoms with Gasteiger partial charge in [-0.25, -0.2) is 8.78 Å². The Kier molecular flexibility index (Phi) is 5.73. The van der Waals surface area contributed by atoms with Crippen LogP contribution >= 0.6 is 0 Å². The molecular weight excluding hydrogens is 232 g/mol. The van der Waals surface area contributed by atoms with Gasteiger partial charge in [-0.2, -0.15) is 0 Å². The summed E-state index contributed by atoms with van der Waals surface area (Å²) >= 11 is 0. The predicted octanol–water partition coefficient (Wildman–Crippen LogP) is 4.09. The molecule has 0 amide bonds. The van der Waals surface area contributed by atoms with E-state index in [4.69, 9.17) is 0 Å². The maximum atomic E-state index is 13.4. The van der Waals surface area contributed by atoms with Crippen molar-refractivity contribution in [2.75, 3.05) is 6.54 Å². The first-order valence-corrected chi connectivity index (χ1v) is 6.54. The summed E-state index contributed by atoms with van der Waals surface area (Å²) in [7, 11) is 0. The Hall–Kier alpha value is -0.960. The Morgan fingerprint density at radius 1 is 1.50 bits per heavy atom. The molecule has 0 spiro atoms. The second kappa shape index (κ2) is 6.83. The SMILES string of the molecule is C=C/C(=C\C=C/C)CNC1CC(F)(F)CCC1C. The predicted molar refractivity (Wildman–Crippen MR) is 72.8 cm³/mol. The van der Waals surface area contributed by atoms with Crippen molar-refractivity contribution in [3.8, 4) is 0 Å². The maximum absolute atomic E-state index is 13.4. The average Bonchev–Trinajstić information content (AvgIpc) is 2.33. The summed E-state index contributed by atoms with van der Waals surface area (Å²) in [6, 6.07) is -0.109. The van der Waals surface area contributed by atoms with Gasteiger partial charge >= 0.3 is 0 Å². The molecule has 2 unspecified atom stereocenters. The van der Waals surface area contributed by atoms with Gasteiger partial charge in [-0.05, 0) is 24.8 Å². The minimum Gasteiger partial charge on any atom is -0.309 e. The number of allylic oxidation sites excluding steroid dienone is 3. The molecule has 0 radical (unpaired) electrons. The van der Waals surface area contributed by atoms with Crippen LogP contribution in [0, 0.1) is 5.92 Å². The lowest BCUT2D eigenvalue weighted by Gasteiger charge is -2.34. The fourth-order valence-corrected chi connectivity index (χ4v) is 2.21. The highest BCUT2D eigenvalue weighted by molar-refractivity contribution is 5.23. The summed E-state index contributed by atoms with van der Waals surface area (Å²) in [5.41, 5.74) is 1.02. The van der Waals surface area contributed by atoms with Crippen molar-refractivity contribution in [2.45, 2.75) is 45.1 Å². The van der Waals surface area contributed by atoms with Gasteiger partial charge in [0.05, 0.1) is 0 Å². The smallest absolute Gasteiger partial charge is 0.249 e. The first kappa shape index (κ1) is 15.1. The molecule has 1 fully saturated rings. The van der Waals surface area contributed by atoms with Gasteiger partial charge in [0.1, 0.15) is 0 Å². The van der Waals surface area contributed by atoms with Crippen molar-refractivity contribution < 1.29 is 8.78 Å². The summed E-state index contributed by atoms with van der Waals surface area (Å²) in [5.74, 6) is -2.21. The quantitative estimate of drug-likeness (QED) is 0.730. The van der Waals surface area contributed by atoms with Crippen LogP contribution in [0.15, 0.2) is 36.5 Å². The van der Waals surface area contributed by atoms with Gasteiger partial charge in [-0.1, -0.05) is 37.8 Å². The van der Waals surface area contributed by atoms with E-state index in [0.29, 0.717) is 18.9 Å². The Morgan fingerprint density at radius 3 is 2.83 bits per heavy atom. The van der Waals surface area contributed by atoms with Crippen molar-refractivity contribution in [1.82, 2.24) is 5.32 Å². The van der Waals surface area contributed by atoms with E-state index < -0.39 is 5.92 Å². The van der Waals surface area contributed by atoms with Crippen LogP contribution in [0.3, 0.4) is 0 Å². The van der Waals surface area contributed by atoms with Crippen LogP contribution in [-0.2, 0) is 0 Å². The number of hydrogen-bond donors (Lipinski definition) is 1. The van der Waals surface area contributed by atoms with Crippen molar-refractivity contribution >= 4 is 0 Å². The Bertz CT molecular complexity index is 331. The average molecular weight is 255 g/mol. The molecular formula is C15H23F2N. The number of halogens is 2. The van der Waals surface area contributed by atoms with Crippen molar-refractivity contribution in [2.24, 2.45) is 5.92 Å². The monoisotopic (exact) mass is 255 g/mol. The van der Waals surface area contributed by atoms with Crippen molar-refractivity contribution in [3.05, 3.63) is 36.5 Å². The van der Waals surface area contributed by atoms with E-state index in [9.17, 15) is 8.78 Å². The van der Waals surface area contributed by atoms with Crippen LogP contribution in [0.25, 0.3) is 0 Å². The van der Waals surface area contributed by atoms with E-state index in [1.807, 2.05) is 32.1 Å². The van der Waals surface area contributed by atoms with Gasteiger partial charge < -0.3 is 5.32 Å². The third-order valence-electron chi connectivity index (χ3n) is 3.50. The highest BCUT2D eigenvalue weighted by Crippen LogP contribution is 2.36. The molecule has 3 heteroatoms. The largest absolute Gasteiger partial charge is 0.309 e. The van der Waals surface area contributed by atoms with E-state index >= 15 is 0 Å². The number of hydrogen-bond acceptors (Lipinski definition) is 1. The molecule has 0 aromatic rings. The second-order valence-electron chi connectivity index (χ2n) is 5.03. The number of nitrogens with one attached hydrogen (secondary N) is 1. The van der Waals surface area contributed by atoms with E-state index in [-0.39, 0.29) is 18.9 Å². The number of rotatable bonds is 5. The van der Waals surface area contributed by atoms with Crippen LogP contribution in [0.5, 0.6) is 0 Å². The summed E-state index contributed by atoms with van der Waals surface area (Å²) < 4.78 is 26.7. The van der Waals surface area contributed by atoms with Crippen LogP contribution in [0.2, 0.25) is 0 Å². The molecule has 0 aliphatic heterocycles.